The highest BCUT2D eigenvalue weighted by Crippen LogP contribution is 2.15. The maximum absolute atomic E-state index is 12.8. The summed E-state index contributed by atoms with van der Waals surface area (Å²) in [7, 11) is 0. The van der Waals surface area contributed by atoms with Gasteiger partial charge in [-0.3, -0.25) is 14.4 Å². The van der Waals surface area contributed by atoms with Crippen LogP contribution in [0.4, 0.5) is 0 Å². The molecular weight excluding hydrogens is 781 g/mol. The molecule has 0 amide bonds. The van der Waals surface area contributed by atoms with Crippen molar-refractivity contribution in [3.05, 3.63) is 85.1 Å². The molecule has 0 N–H and O–H groups in total. The Balaban J connectivity index is 4.44. The molecule has 0 bridgehead atoms. The molecule has 0 rings (SSSR count). The molecule has 0 saturated heterocycles. The Bertz CT molecular complexity index is 1240. The summed E-state index contributed by atoms with van der Waals surface area (Å²) < 4.78 is 16.8. The van der Waals surface area contributed by atoms with Gasteiger partial charge in [0, 0.05) is 19.3 Å². The number of hydrogen-bond donors (Lipinski definition) is 0. The topological polar surface area (TPSA) is 78.9 Å². The van der Waals surface area contributed by atoms with E-state index in [0.717, 1.165) is 96.3 Å². The number of hydrogen-bond acceptors (Lipinski definition) is 6. The summed E-state index contributed by atoms with van der Waals surface area (Å²) in [4.78, 5) is 38.0. The van der Waals surface area contributed by atoms with Gasteiger partial charge in [0.15, 0.2) is 6.10 Å². The van der Waals surface area contributed by atoms with Crippen LogP contribution in [0.25, 0.3) is 0 Å². The predicted molar refractivity (Wildman–Crippen MR) is 270 cm³/mol. The third-order valence-corrected chi connectivity index (χ3v) is 11.1. The standard InChI is InChI=1S/C57H96O6/c1-4-7-10-13-16-19-22-25-28-31-34-37-40-43-46-49-55(58)61-52-54(63-57(60)51-48-45-42-39-36-33-30-27-24-21-18-15-12-9-6-3)53-62-56(59)50-47-44-41-38-35-32-29-26-23-20-17-14-11-8-5-2/h7,9-10,12-13,15-16,18-19,21-22,24-25,28,54H,4-6,8,11,14,17,20,23,26-27,29-53H2,1-3H3/b10-7-,12-9-,16-13-,18-15-,22-19-,24-21-,28-25-. The third-order valence-electron chi connectivity index (χ3n) is 11.1. The van der Waals surface area contributed by atoms with E-state index in [2.05, 4.69) is 87.6 Å². The lowest BCUT2D eigenvalue weighted by atomic mass is 10.0. The van der Waals surface area contributed by atoms with Crippen LogP contribution >= 0.6 is 0 Å². The van der Waals surface area contributed by atoms with Crippen molar-refractivity contribution in [3.8, 4) is 0 Å². The maximum atomic E-state index is 12.8. The average Bonchev–Trinajstić information content (AvgIpc) is 3.28. The van der Waals surface area contributed by atoms with Crippen molar-refractivity contribution in [3.63, 3.8) is 0 Å². The maximum Gasteiger partial charge on any atom is 0.306 e. The van der Waals surface area contributed by atoms with Gasteiger partial charge in [-0.05, 0) is 57.8 Å². The second kappa shape index (κ2) is 51.2. The van der Waals surface area contributed by atoms with Crippen LogP contribution in [0.2, 0.25) is 0 Å². The second-order valence-electron chi connectivity index (χ2n) is 17.2. The lowest BCUT2D eigenvalue weighted by Crippen LogP contribution is -2.30. The van der Waals surface area contributed by atoms with E-state index in [1.165, 1.54) is 103 Å². The lowest BCUT2D eigenvalue weighted by Gasteiger charge is -2.18. The van der Waals surface area contributed by atoms with Crippen molar-refractivity contribution < 1.29 is 28.6 Å². The fourth-order valence-corrected chi connectivity index (χ4v) is 7.16. The summed E-state index contributed by atoms with van der Waals surface area (Å²) in [5.41, 5.74) is 0. The summed E-state index contributed by atoms with van der Waals surface area (Å²) in [6, 6.07) is 0. The molecule has 0 heterocycles. The van der Waals surface area contributed by atoms with E-state index in [1.54, 1.807) is 0 Å². The Kier molecular flexibility index (Phi) is 48.5. The smallest absolute Gasteiger partial charge is 0.306 e. The van der Waals surface area contributed by atoms with Gasteiger partial charge in [0.2, 0.25) is 0 Å². The quantitative estimate of drug-likeness (QED) is 0.0262. The fraction of sp³-hybridized carbons (Fsp3) is 0.702. The molecule has 6 heteroatoms. The van der Waals surface area contributed by atoms with E-state index < -0.39 is 6.10 Å². The molecule has 360 valence electrons. The SMILES string of the molecule is CC\C=C/C=C\C=C/C=C\CCCCCCCC(=O)OCC(COC(=O)CCCCCCCCCCCCCCCCC)OC(=O)CCCCCCCCC\C=C/C=C\C=C/CC. The fourth-order valence-electron chi connectivity index (χ4n) is 7.16. The van der Waals surface area contributed by atoms with Crippen molar-refractivity contribution >= 4 is 17.9 Å². The Morgan fingerprint density at radius 3 is 0.968 bits per heavy atom. The summed E-state index contributed by atoms with van der Waals surface area (Å²) >= 11 is 0. The van der Waals surface area contributed by atoms with Crippen LogP contribution in [0, 0.1) is 0 Å². The predicted octanol–water partition coefficient (Wildman–Crippen LogP) is 17.2. The number of rotatable bonds is 46. The molecule has 1 unspecified atom stereocenters. The molecule has 0 aromatic heterocycles. The molecule has 0 radical (unpaired) electrons. The second-order valence-corrected chi connectivity index (χ2v) is 17.2. The molecule has 0 aliphatic rings. The van der Waals surface area contributed by atoms with Crippen molar-refractivity contribution in [1.82, 2.24) is 0 Å². The molecule has 0 aliphatic carbocycles. The van der Waals surface area contributed by atoms with E-state index in [0.29, 0.717) is 19.3 Å². The molecule has 0 aliphatic heterocycles. The first kappa shape index (κ1) is 59.6. The summed E-state index contributed by atoms with van der Waals surface area (Å²) in [5.74, 6) is -0.922. The van der Waals surface area contributed by atoms with Crippen LogP contribution in [0.5, 0.6) is 0 Å². The Morgan fingerprint density at radius 2 is 0.619 bits per heavy atom. The average molecular weight is 877 g/mol. The van der Waals surface area contributed by atoms with E-state index >= 15 is 0 Å². The highest BCUT2D eigenvalue weighted by atomic mass is 16.6. The minimum absolute atomic E-state index is 0.0881. The van der Waals surface area contributed by atoms with Gasteiger partial charge in [-0.1, -0.05) is 247 Å². The molecule has 6 nitrogen and oxygen atoms in total. The normalized spacial score (nSPS) is 12.7. The van der Waals surface area contributed by atoms with Gasteiger partial charge >= 0.3 is 17.9 Å². The zero-order chi connectivity index (χ0) is 45.8. The van der Waals surface area contributed by atoms with Gasteiger partial charge in [-0.2, -0.15) is 0 Å². The van der Waals surface area contributed by atoms with Gasteiger partial charge < -0.3 is 14.2 Å². The van der Waals surface area contributed by atoms with Crippen LogP contribution in [0.15, 0.2) is 85.1 Å². The highest BCUT2D eigenvalue weighted by molar-refractivity contribution is 5.71. The van der Waals surface area contributed by atoms with Crippen LogP contribution in [0.3, 0.4) is 0 Å². The van der Waals surface area contributed by atoms with Crippen LogP contribution < -0.4 is 0 Å². The molecule has 0 saturated carbocycles. The Hall–Kier alpha value is -3.41. The largest absolute Gasteiger partial charge is 0.462 e. The zero-order valence-corrected chi connectivity index (χ0v) is 41.1. The van der Waals surface area contributed by atoms with Gasteiger partial charge in [-0.15, -0.1) is 0 Å². The van der Waals surface area contributed by atoms with E-state index in [9.17, 15) is 14.4 Å². The number of ether oxygens (including phenoxy) is 3. The molecule has 0 aromatic rings. The van der Waals surface area contributed by atoms with Crippen molar-refractivity contribution in [2.45, 2.75) is 245 Å². The number of carbonyl (C=O) groups is 3. The van der Waals surface area contributed by atoms with Crippen LogP contribution in [-0.4, -0.2) is 37.2 Å². The Labute approximate surface area is 388 Å². The summed E-state index contributed by atoms with van der Waals surface area (Å²) in [5, 5.41) is 0. The molecule has 0 spiro atoms. The van der Waals surface area contributed by atoms with Crippen LogP contribution in [0.1, 0.15) is 239 Å². The lowest BCUT2D eigenvalue weighted by molar-refractivity contribution is -0.167. The van der Waals surface area contributed by atoms with Crippen molar-refractivity contribution in [1.29, 1.82) is 0 Å². The van der Waals surface area contributed by atoms with Crippen LogP contribution in [-0.2, 0) is 28.6 Å². The van der Waals surface area contributed by atoms with Gasteiger partial charge in [0.25, 0.3) is 0 Å². The van der Waals surface area contributed by atoms with Crippen molar-refractivity contribution in [2.75, 3.05) is 13.2 Å². The summed E-state index contributed by atoms with van der Waals surface area (Å²) in [6.45, 7) is 6.35. The number of carbonyl (C=O) groups excluding carboxylic acids is 3. The number of allylic oxidation sites excluding steroid dienone is 14. The first-order chi connectivity index (χ1) is 31.0. The summed E-state index contributed by atoms with van der Waals surface area (Å²) in [6.07, 6.45) is 65.6. The first-order valence-electron chi connectivity index (χ1n) is 26.2. The zero-order valence-electron chi connectivity index (χ0n) is 41.1. The minimum Gasteiger partial charge on any atom is -0.462 e. The van der Waals surface area contributed by atoms with E-state index in [1.807, 2.05) is 18.2 Å². The Morgan fingerprint density at radius 1 is 0.333 bits per heavy atom. The number of esters is 3. The van der Waals surface area contributed by atoms with Crippen molar-refractivity contribution in [2.24, 2.45) is 0 Å². The molecular formula is C57H96O6. The van der Waals surface area contributed by atoms with Gasteiger partial charge in [0.1, 0.15) is 13.2 Å². The van der Waals surface area contributed by atoms with E-state index in [-0.39, 0.29) is 31.1 Å². The highest BCUT2D eigenvalue weighted by Gasteiger charge is 2.19. The van der Waals surface area contributed by atoms with E-state index in [4.69, 9.17) is 14.2 Å². The molecule has 63 heavy (non-hydrogen) atoms. The monoisotopic (exact) mass is 877 g/mol. The molecule has 1 atom stereocenters. The minimum atomic E-state index is -0.791. The van der Waals surface area contributed by atoms with Gasteiger partial charge in [-0.25, -0.2) is 0 Å². The molecule has 0 fully saturated rings. The number of unbranched alkanes of at least 4 members (excludes halogenated alkanes) is 26. The molecule has 0 aromatic carbocycles. The third kappa shape index (κ3) is 49.5. The van der Waals surface area contributed by atoms with Gasteiger partial charge in [0.05, 0.1) is 0 Å². The first-order valence-corrected chi connectivity index (χ1v) is 26.2.